The molecule has 0 radical (unpaired) electrons. The van der Waals surface area contributed by atoms with Gasteiger partial charge >= 0.3 is 5.63 Å². The summed E-state index contributed by atoms with van der Waals surface area (Å²) in [5.74, 6) is 1.43. The molecule has 2 aromatic rings. The molecule has 21 heavy (non-hydrogen) atoms. The summed E-state index contributed by atoms with van der Waals surface area (Å²) in [6.45, 7) is 0. The van der Waals surface area contributed by atoms with Crippen LogP contribution in [-0.2, 0) is 6.42 Å². The van der Waals surface area contributed by atoms with Crippen LogP contribution < -0.4 is 5.63 Å². The zero-order valence-corrected chi connectivity index (χ0v) is 13.2. The largest absolute Gasteiger partial charge is 0.508 e. The van der Waals surface area contributed by atoms with E-state index in [0.717, 1.165) is 29.3 Å². The number of rotatable bonds is 5. The Bertz CT molecular complexity index is 671. The van der Waals surface area contributed by atoms with Gasteiger partial charge in [0.05, 0.1) is 6.07 Å². The van der Waals surface area contributed by atoms with Gasteiger partial charge < -0.3 is 9.52 Å². The summed E-state index contributed by atoms with van der Waals surface area (Å²) in [6.07, 6.45) is 4.32. The normalized spacial score (nSPS) is 15.9. The van der Waals surface area contributed by atoms with E-state index in [2.05, 4.69) is 28.1 Å². The van der Waals surface area contributed by atoms with Crippen molar-refractivity contribution in [2.75, 3.05) is 0 Å². The van der Waals surface area contributed by atoms with Gasteiger partial charge in [0.15, 0.2) is 0 Å². The lowest BCUT2D eigenvalue weighted by Crippen LogP contribution is -2.08. The summed E-state index contributed by atoms with van der Waals surface area (Å²) in [5, 5.41) is 9.63. The summed E-state index contributed by atoms with van der Waals surface area (Å²) in [5.41, 5.74) is 0.719. The van der Waals surface area contributed by atoms with E-state index < -0.39 is 5.63 Å². The highest BCUT2D eigenvalue weighted by Gasteiger charge is 2.28. The minimum atomic E-state index is -0.485. The van der Waals surface area contributed by atoms with Gasteiger partial charge in [0.25, 0.3) is 0 Å². The molecule has 0 saturated heterocycles. The van der Waals surface area contributed by atoms with Crippen LogP contribution in [0.2, 0.25) is 0 Å². The third-order valence-electron chi connectivity index (χ3n) is 3.89. The van der Waals surface area contributed by atoms with Crippen molar-refractivity contribution >= 4 is 15.9 Å². The van der Waals surface area contributed by atoms with Gasteiger partial charge in [0.1, 0.15) is 11.5 Å². The Morgan fingerprint density at radius 3 is 2.57 bits per heavy atom. The van der Waals surface area contributed by atoms with Crippen LogP contribution in [0.1, 0.15) is 36.5 Å². The fraction of sp³-hybridized carbons (Fsp3) is 0.353. The lowest BCUT2D eigenvalue weighted by atomic mass is 9.91. The van der Waals surface area contributed by atoms with E-state index >= 15 is 0 Å². The highest BCUT2D eigenvalue weighted by Crippen LogP contribution is 2.40. The number of halogens is 1. The highest BCUT2D eigenvalue weighted by atomic mass is 79.9. The molecule has 1 saturated carbocycles. The van der Waals surface area contributed by atoms with E-state index in [-0.39, 0.29) is 11.7 Å². The molecule has 0 amide bonds. The summed E-state index contributed by atoms with van der Waals surface area (Å²) in [6, 6.07) is 10.9. The average molecular weight is 349 g/mol. The van der Waals surface area contributed by atoms with Crippen molar-refractivity contribution in [2.24, 2.45) is 5.92 Å². The van der Waals surface area contributed by atoms with Crippen molar-refractivity contribution in [3.8, 4) is 5.75 Å². The first-order valence-corrected chi connectivity index (χ1v) is 7.98. The Hall–Kier alpha value is -1.55. The minimum Gasteiger partial charge on any atom is -0.508 e. The molecule has 1 N–H and O–H groups in total. The predicted molar refractivity (Wildman–Crippen MR) is 84.6 cm³/mol. The molecule has 0 bridgehead atoms. The molecule has 1 heterocycles. The molecule has 1 aliphatic rings. The molecule has 0 aliphatic heterocycles. The summed E-state index contributed by atoms with van der Waals surface area (Å²) < 4.78 is 6.37. The Balaban J connectivity index is 1.85. The molecule has 1 aromatic carbocycles. The molecule has 3 nitrogen and oxygen atoms in total. The van der Waals surface area contributed by atoms with E-state index in [1.165, 1.54) is 18.4 Å². The van der Waals surface area contributed by atoms with Crippen molar-refractivity contribution in [1.29, 1.82) is 0 Å². The standard InChI is InChI=1S/C17H17BrO3/c18-14-5-3-12(4-6-14)8-13(7-11-1-2-11)16-9-15(19)10-17(20)21-16/h3-6,9-11,13,19H,1-2,7-8H2. The zero-order chi connectivity index (χ0) is 14.8. The van der Waals surface area contributed by atoms with Crippen LogP contribution in [0.4, 0.5) is 0 Å². The number of hydrogen-bond donors (Lipinski definition) is 1. The summed E-state index contributed by atoms with van der Waals surface area (Å²) in [4.78, 5) is 11.5. The molecule has 3 rings (SSSR count). The first-order chi connectivity index (χ1) is 10.1. The fourth-order valence-corrected chi connectivity index (χ4v) is 2.91. The molecular formula is C17H17BrO3. The molecule has 4 heteroatoms. The van der Waals surface area contributed by atoms with Gasteiger partial charge in [-0.25, -0.2) is 4.79 Å². The molecule has 1 aliphatic carbocycles. The Morgan fingerprint density at radius 1 is 1.24 bits per heavy atom. The minimum absolute atomic E-state index is 0.0159. The lowest BCUT2D eigenvalue weighted by Gasteiger charge is -2.16. The third kappa shape index (κ3) is 3.97. The van der Waals surface area contributed by atoms with Crippen LogP contribution in [0.25, 0.3) is 0 Å². The first-order valence-electron chi connectivity index (χ1n) is 7.18. The molecule has 1 aromatic heterocycles. The third-order valence-corrected chi connectivity index (χ3v) is 4.42. The van der Waals surface area contributed by atoms with E-state index in [9.17, 15) is 9.90 Å². The van der Waals surface area contributed by atoms with Gasteiger partial charge in [0, 0.05) is 16.5 Å². The smallest absolute Gasteiger partial charge is 0.339 e. The monoisotopic (exact) mass is 348 g/mol. The molecular weight excluding hydrogens is 332 g/mol. The SMILES string of the molecule is O=c1cc(O)cc(C(Cc2ccc(Br)cc2)CC2CC2)o1. The van der Waals surface area contributed by atoms with Crippen LogP contribution in [0.5, 0.6) is 5.75 Å². The molecule has 1 atom stereocenters. The van der Waals surface area contributed by atoms with Gasteiger partial charge in [0.2, 0.25) is 0 Å². The van der Waals surface area contributed by atoms with Gasteiger partial charge in [-0.3, -0.25) is 0 Å². The van der Waals surface area contributed by atoms with Crippen molar-refractivity contribution in [1.82, 2.24) is 0 Å². The Morgan fingerprint density at radius 2 is 1.95 bits per heavy atom. The lowest BCUT2D eigenvalue weighted by molar-refractivity contribution is 0.383. The molecule has 110 valence electrons. The maximum absolute atomic E-state index is 11.5. The van der Waals surface area contributed by atoms with E-state index in [1.807, 2.05) is 12.1 Å². The summed E-state index contributed by atoms with van der Waals surface area (Å²) >= 11 is 3.43. The Kier molecular flexibility index (Phi) is 4.15. The van der Waals surface area contributed by atoms with Crippen molar-refractivity contribution in [2.45, 2.75) is 31.6 Å². The van der Waals surface area contributed by atoms with Crippen molar-refractivity contribution in [3.05, 3.63) is 62.6 Å². The number of hydrogen-bond acceptors (Lipinski definition) is 3. The van der Waals surface area contributed by atoms with Gasteiger partial charge in [-0.2, -0.15) is 0 Å². The van der Waals surface area contributed by atoms with E-state index in [4.69, 9.17) is 4.42 Å². The van der Waals surface area contributed by atoms with Gasteiger partial charge in [-0.05, 0) is 36.5 Å². The van der Waals surface area contributed by atoms with Gasteiger partial charge in [-0.1, -0.05) is 40.9 Å². The van der Waals surface area contributed by atoms with Crippen molar-refractivity contribution in [3.63, 3.8) is 0 Å². The van der Waals surface area contributed by atoms with Crippen LogP contribution in [-0.4, -0.2) is 5.11 Å². The second kappa shape index (κ2) is 6.06. The molecule has 1 unspecified atom stereocenters. The quantitative estimate of drug-likeness (QED) is 0.879. The Labute approximate surface area is 131 Å². The summed E-state index contributed by atoms with van der Waals surface area (Å²) in [7, 11) is 0. The fourth-order valence-electron chi connectivity index (χ4n) is 2.65. The van der Waals surface area contributed by atoms with E-state index in [1.54, 1.807) is 6.07 Å². The number of benzene rings is 1. The first kappa shape index (κ1) is 14.4. The van der Waals surface area contributed by atoms with Crippen LogP contribution in [0, 0.1) is 5.92 Å². The zero-order valence-electron chi connectivity index (χ0n) is 11.6. The van der Waals surface area contributed by atoms with Crippen molar-refractivity contribution < 1.29 is 9.52 Å². The van der Waals surface area contributed by atoms with Crippen LogP contribution >= 0.6 is 15.9 Å². The molecule has 0 spiro atoms. The van der Waals surface area contributed by atoms with Crippen LogP contribution in [0.15, 0.2) is 50.1 Å². The number of aromatic hydroxyl groups is 1. The van der Waals surface area contributed by atoms with Crippen LogP contribution in [0.3, 0.4) is 0 Å². The second-order valence-electron chi connectivity index (χ2n) is 5.74. The maximum Gasteiger partial charge on any atom is 0.339 e. The second-order valence-corrected chi connectivity index (χ2v) is 6.66. The highest BCUT2D eigenvalue weighted by molar-refractivity contribution is 9.10. The maximum atomic E-state index is 11.5. The van der Waals surface area contributed by atoms with E-state index in [0.29, 0.717) is 5.76 Å². The topological polar surface area (TPSA) is 50.4 Å². The van der Waals surface area contributed by atoms with Gasteiger partial charge in [-0.15, -0.1) is 0 Å². The average Bonchev–Trinajstić information content (AvgIpc) is 3.23. The predicted octanol–water partition coefficient (Wildman–Crippen LogP) is 4.23. The molecule has 1 fully saturated rings.